The van der Waals surface area contributed by atoms with Crippen LogP contribution in [0.25, 0.3) is 0 Å². The SMILES string of the molecule is CCN1CCCC1CN(c1ccc(OC)c(Cl)c1)c1nc(N)nc(NC2CCCCCC2)n1. The van der Waals surface area contributed by atoms with Crippen LogP contribution in [0.2, 0.25) is 5.02 Å². The monoisotopic (exact) mass is 473 g/mol. The second-order valence-electron chi connectivity index (χ2n) is 9.00. The highest BCUT2D eigenvalue weighted by Crippen LogP contribution is 2.33. The van der Waals surface area contributed by atoms with Crippen LogP contribution in [0.3, 0.4) is 0 Å². The van der Waals surface area contributed by atoms with Crippen molar-refractivity contribution < 1.29 is 4.74 Å². The standard InChI is InChI=1S/C24H36ClN7O/c1-3-31-14-8-11-19(31)16-32(18-12-13-21(33-2)20(25)15-18)24-29-22(26)28-23(30-24)27-17-9-6-4-5-7-10-17/h12-13,15,17,19H,3-11,14,16H2,1-2H3,(H3,26,27,28,29,30). The third kappa shape index (κ3) is 5.98. The minimum atomic E-state index is 0.222. The fraction of sp³-hybridized carbons (Fsp3) is 0.625. The van der Waals surface area contributed by atoms with E-state index in [0.717, 1.165) is 44.6 Å². The van der Waals surface area contributed by atoms with Crippen LogP contribution in [0.5, 0.6) is 5.75 Å². The summed E-state index contributed by atoms with van der Waals surface area (Å²) in [7, 11) is 1.62. The van der Waals surface area contributed by atoms with Crippen LogP contribution in [0, 0.1) is 0 Å². The average molecular weight is 474 g/mol. The van der Waals surface area contributed by atoms with Gasteiger partial charge in [0.2, 0.25) is 17.8 Å². The van der Waals surface area contributed by atoms with Gasteiger partial charge in [0.05, 0.1) is 12.1 Å². The molecule has 1 saturated carbocycles. The van der Waals surface area contributed by atoms with Gasteiger partial charge in [-0.2, -0.15) is 15.0 Å². The molecule has 8 nitrogen and oxygen atoms in total. The van der Waals surface area contributed by atoms with E-state index in [-0.39, 0.29) is 5.95 Å². The van der Waals surface area contributed by atoms with E-state index in [9.17, 15) is 0 Å². The second kappa shape index (κ2) is 11.2. The van der Waals surface area contributed by atoms with Crippen LogP contribution >= 0.6 is 11.6 Å². The molecule has 1 aromatic heterocycles. The Bertz CT molecular complexity index is 920. The van der Waals surface area contributed by atoms with Crippen molar-refractivity contribution >= 4 is 35.1 Å². The zero-order valence-electron chi connectivity index (χ0n) is 19.8. The molecule has 1 saturated heterocycles. The summed E-state index contributed by atoms with van der Waals surface area (Å²) >= 11 is 6.49. The first-order valence-corrected chi connectivity index (χ1v) is 12.6. The highest BCUT2D eigenvalue weighted by molar-refractivity contribution is 6.32. The lowest BCUT2D eigenvalue weighted by molar-refractivity contribution is 0.271. The van der Waals surface area contributed by atoms with Crippen molar-refractivity contribution in [1.82, 2.24) is 19.9 Å². The van der Waals surface area contributed by atoms with Gasteiger partial charge in [-0.15, -0.1) is 0 Å². The lowest BCUT2D eigenvalue weighted by Crippen LogP contribution is -2.39. The number of nitrogens with two attached hydrogens (primary N) is 1. The second-order valence-corrected chi connectivity index (χ2v) is 9.41. The average Bonchev–Trinajstić information content (AvgIpc) is 3.11. The molecule has 1 aromatic carbocycles. The van der Waals surface area contributed by atoms with E-state index in [4.69, 9.17) is 27.1 Å². The van der Waals surface area contributed by atoms with Crippen molar-refractivity contribution in [1.29, 1.82) is 0 Å². The molecule has 0 amide bonds. The molecule has 1 aliphatic heterocycles. The number of nitrogen functional groups attached to an aromatic ring is 1. The normalized spacial score (nSPS) is 19.9. The summed E-state index contributed by atoms with van der Waals surface area (Å²) in [5, 5.41) is 4.08. The maximum atomic E-state index is 6.49. The number of hydrogen-bond acceptors (Lipinski definition) is 8. The first kappa shape index (κ1) is 23.8. The van der Waals surface area contributed by atoms with E-state index >= 15 is 0 Å². The summed E-state index contributed by atoms with van der Waals surface area (Å²) < 4.78 is 5.36. The summed E-state index contributed by atoms with van der Waals surface area (Å²) in [6, 6.07) is 6.56. The number of nitrogens with one attached hydrogen (secondary N) is 1. The van der Waals surface area contributed by atoms with Crippen LogP contribution in [-0.4, -0.2) is 58.7 Å². The Kier molecular flexibility index (Phi) is 8.09. The number of likely N-dealkylation sites (tertiary alicyclic amines) is 1. The molecule has 1 unspecified atom stereocenters. The molecule has 2 fully saturated rings. The van der Waals surface area contributed by atoms with Crippen molar-refractivity contribution in [3.8, 4) is 5.75 Å². The van der Waals surface area contributed by atoms with Crippen LogP contribution in [0.4, 0.5) is 23.5 Å². The molecule has 0 radical (unpaired) electrons. The third-order valence-electron chi connectivity index (χ3n) is 6.82. The molecule has 0 spiro atoms. The van der Waals surface area contributed by atoms with Gasteiger partial charge in [-0.1, -0.05) is 44.2 Å². The van der Waals surface area contributed by atoms with E-state index in [1.165, 1.54) is 32.1 Å². The smallest absolute Gasteiger partial charge is 0.236 e. The van der Waals surface area contributed by atoms with Gasteiger partial charge in [-0.3, -0.25) is 4.90 Å². The minimum absolute atomic E-state index is 0.222. The number of rotatable bonds is 8. The predicted molar refractivity (Wildman–Crippen MR) is 135 cm³/mol. The van der Waals surface area contributed by atoms with E-state index in [2.05, 4.69) is 32.0 Å². The Labute approximate surface area is 201 Å². The molecule has 33 heavy (non-hydrogen) atoms. The van der Waals surface area contributed by atoms with Crippen LogP contribution < -0.4 is 20.7 Å². The number of halogens is 1. The van der Waals surface area contributed by atoms with Gasteiger partial charge >= 0.3 is 0 Å². The van der Waals surface area contributed by atoms with E-state index in [0.29, 0.717) is 34.8 Å². The molecule has 180 valence electrons. The first-order chi connectivity index (χ1) is 16.1. The number of nitrogens with zero attached hydrogens (tertiary/aromatic N) is 5. The van der Waals surface area contributed by atoms with Crippen LogP contribution in [0.15, 0.2) is 18.2 Å². The molecule has 2 aromatic rings. The quantitative estimate of drug-likeness (QED) is 0.524. The highest BCUT2D eigenvalue weighted by atomic mass is 35.5. The molecular formula is C24H36ClN7O. The van der Waals surface area contributed by atoms with E-state index in [1.54, 1.807) is 7.11 Å². The summed E-state index contributed by atoms with van der Waals surface area (Å²) in [5.74, 6) is 1.96. The summed E-state index contributed by atoms with van der Waals surface area (Å²) in [6.45, 7) is 5.10. The Balaban J connectivity index is 1.65. The first-order valence-electron chi connectivity index (χ1n) is 12.2. The number of benzene rings is 1. The lowest BCUT2D eigenvalue weighted by atomic mass is 10.1. The Hall–Kier alpha value is -2.32. The molecule has 2 aliphatic rings. The summed E-state index contributed by atoms with van der Waals surface area (Å²) in [4.78, 5) is 18.4. The molecular weight excluding hydrogens is 438 g/mol. The molecule has 4 rings (SSSR count). The summed E-state index contributed by atoms with van der Waals surface area (Å²) in [5.41, 5.74) is 7.07. The predicted octanol–water partition coefficient (Wildman–Crippen LogP) is 4.87. The van der Waals surface area contributed by atoms with Gasteiger partial charge in [0.15, 0.2) is 0 Å². The molecule has 1 aliphatic carbocycles. The van der Waals surface area contributed by atoms with Gasteiger partial charge in [0.25, 0.3) is 0 Å². The fourth-order valence-electron chi connectivity index (χ4n) is 5.03. The van der Waals surface area contributed by atoms with Crippen molar-refractivity contribution in [2.24, 2.45) is 0 Å². The van der Waals surface area contributed by atoms with Gasteiger partial charge in [0.1, 0.15) is 5.75 Å². The van der Waals surface area contributed by atoms with Gasteiger partial charge in [-0.05, 0) is 57.0 Å². The van der Waals surface area contributed by atoms with Crippen molar-refractivity contribution in [3.05, 3.63) is 23.2 Å². The van der Waals surface area contributed by atoms with Gasteiger partial charge in [0, 0.05) is 24.3 Å². The number of methoxy groups -OCH3 is 1. The molecule has 2 heterocycles. The number of likely N-dealkylation sites (N-methyl/N-ethyl adjacent to an activating group) is 1. The number of ether oxygens (including phenoxy) is 1. The molecule has 9 heteroatoms. The number of hydrogen-bond donors (Lipinski definition) is 2. The molecule has 3 N–H and O–H groups in total. The Morgan fingerprint density at radius 1 is 1.12 bits per heavy atom. The molecule has 0 bridgehead atoms. The Morgan fingerprint density at radius 3 is 2.61 bits per heavy atom. The molecule has 1 atom stereocenters. The van der Waals surface area contributed by atoms with E-state index in [1.807, 2.05) is 18.2 Å². The zero-order chi connectivity index (χ0) is 23.2. The van der Waals surface area contributed by atoms with Crippen LogP contribution in [0.1, 0.15) is 58.3 Å². The van der Waals surface area contributed by atoms with Crippen molar-refractivity contribution in [3.63, 3.8) is 0 Å². The lowest BCUT2D eigenvalue weighted by Gasteiger charge is -2.31. The minimum Gasteiger partial charge on any atom is -0.495 e. The van der Waals surface area contributed by atoms with Crippen LogP contribution in [-0.2, 0) is 0 Å². The van der Waals surface area contributed by atoms with Crippen molar-refractivity contribution in [2.75, 3.05) is 42.7 Å². The maximum Gasteiger partial charge on any atom is 0.236 e. The largest absolute Gasteiger partial charge is 0.495 e. The third-order valence-corrected chi connectivity index (χ3v) is 7.11. The van der Waals surface area contributed by atoms with E-state index < -0.39 is 0 Å². The highest BCUT2D eigenvalue weighted by Gasteiger charge is 2.28. The summed E-state index contributed by atoms with van der Waals surface area (Å²) in [6.07, 6.45) is 9.66. The fourth-order valence-corrected chi connectivity index (χ4v) is 5.28. The number of aromatic nitrogens is 3. The maximum absolute atomic E-state index is 6.49. The van der Waals surface area contributed by atoms with Gasteiger partial charge in [-0.25, -0.2) is 0 Å². The number of anilines is 4. The topological polar surface area (TPSA) is 92.4 Å². The van der Waals surface area contributed by atoms with Gasteiger partial charge < -0.3 is 20.7 Å². The van der Waals surface area contributed by atoms with Crippen molar-refractivity contribution in [2.45, 2.75) is 70.4 Å². The zero-order valence-corrected chi connectivity index (χ0v) is 20.5. The Morgan fingerprint density at radius 2 is 1.91 bits per heavy atom.